The van der Waals surface area contributed by atoms with E-state index < -0.39 is 31.4 Å². The highest BCUT2D eigenvalue weighted by Gasteiger charge is 2.31. The quantitative estimate of drug-likeness (QED) is 0.0626. The fraction of sp³-hybridized carbons (Fsp3) is 0.391. The highest BCUT2D eigenvalue weighted by atomic mass is 32.2. The average Bonchev–Trinajstić information content (AvgIpc) is 3.94. The van der Waals surface area contributed by atoms with Crippen molar-refractivity contribution in [2.45, 2.75) is 68.7 Å². The zero-order valence-corrected chi connectivity index (χ0v) is 34.9. The fourth-order valence-corrected chi connectivity index (χ4v) is 10.4. The normalized spacial score (nSPS) is 18.9. The number of nitro groups is 1. The molecule has 0 bridgehead atoms. The van der Waals surface area contributed by atoms with Crippen LogP contribution in [0.4, 0.5) is 17.1 Å². The number of allylic oxidation sites excluding steroid dienone is 2. The van der Waals surface area contributed by atoms with Crippen LogP contribution in [0.3, 0.4) is 0 Å². The first-order valence-corrected chi connectivity index (χ1v) is 22.9. The van der Waals surface area contributed by atoms with E-state index in [-0.39, 0.29) is 22.9 Å². The van der Waals surface area contributed by atoms with Gasteiger partial charge in [-0.2, -0.15) is 0 Å². The van der Waals surface area contributed by atoms with E-state index in [0.717, 1.165) is 81.8 Å². The molecule has 2 fully saturated rings. The summed E-state index contributed by atoms with van der Waals surface area (Å²) in [6, 6.07) is 19.6. The molecule has 5 aromatic rings. The number of pyridine rings is 1. The van der Waals surface area contributed by atoms with E-state index in [0.29, 0.717) is 37.2 Å². The number of amides is 1. The van der Waals surface area contributed by atoms with E-state index >= 15 is 0 Å². The van der Waals surface area contributed by atoms with Crippen molar-refractivity contribution in [1.82, 2.24) is 19.6 Å². The van der Waals surface area contributed by atoms with Gasteiger partial charge in [0.2, 0.25) is 0 Å². The number of fused-ring (bicyclic) bond motifs is 2. The summed E-state index contributed by atoms with van der Waals surface area (Å²) in [5.41, 5.74) is 7.23. The Balaban J connectivity index is 0.944. The van der Waals surface area contributed by atoms with E-state index in [1.165, 1.54) is 53.7 Å². The Hall–Kier alpha value is -5.77. The number of nitrogens with one attached hydrogen (secondary N) is 3. The molecule has 0 saturated carbocycles. The third kappa shape index (κ3) is 8.86. The van der Waals surface area contributed by atoms with E-state index in [1.54, 1.807) is 30.6 Å². The van der Waals surface area contributed by atoms with Crippen molar-refractivity contribution in [3.63, 3.8) is 0 Å². The molecule has 9 rings (SSSR count). The highest BCUT2D eigenvalue weighted by Crippen LogP contribution is 2.40. The first-order valence-electron chi connectivity index (χ1n) is 21.4. The summed E-state index contributed by atoms with van der Waals surface area (Å²) in [4.78, 5) is 37.4. The summed E-state index contributed by atoms with van der Waals surface area (Å²) < 4.78 is 41.3. The summed E-state index contributed by atoms with van der Waals surface area (Å²) in [7, 11) is -4.55. The van der Waals surface area contributed by atoms with Gasteiger partial charge in [-0.15, -0.1) is 0 Å². The molecule has 3 N–H and O–H groups in total. The summed E-state index contributed by atoms with van der Waals surface area (Å²) in [5, 5.41) is 16.0. The highest BCUT2D eigenvalue weighted by molar-refractivity contribution is 7.90. The molecule has 0 radical (unpaired) electrons. The molecule has 4 aliphatic rings. The van der Waals surface area contributed by atoms with Crippen LogP contribution < -0.4 is 19.7 Å². The minimum Gasteiger partial charge on any atom is -0.455 e. The molecular formula is C46H51N7O7S. The van der Waals surface area contributed by atoms with Crippen molar-refractivity contribution in [1.29, 1.82) is 0 Å². The third-order valence-electron chi connectivity index (χ3n) is 12.7. The van der Waals surface area contributed by atoms with Gasteiger partial charge >= 0.3 is 0 Å². The molecule has 1 atom stereocenters. The molecule has 2 aromatic heterocycles. The maximum absolute atomic E-state index is 14.0. The first kappa shape index (κ1) is 40.6. The maximum atomic E-state index is 14.0. The number of aromatic amines is 1. The van der Waals surface area contributed by atoms with Gasteiger partial charge in [0.05, 0.1) is 21.6 Å². The van der Waals surface area contributed by atoms with Crippen molar-refractivity contribution in [3.8, 4) is 11.5 Å². The zero-order chi connectivity index (χ0) is 41.9. The van der Waals surface area contributed by atoms with Crippen LogP contribution >= 0.6 is 0 Å². The number of rotatable bonds is 12. The van der Waals surface area contributed by atoms with Crippen LogP contribution in [0.2, 0.25) is 0 Å². The standard InChI is InChI=1S/C46H51N7O7S/c54-46(50-61(57,58)36-13-15-41(43(28-36)53(55)56)48-29-31-17-24-59-25-18-31)40-14-12-34(27-44(40)60-35-26-33-16-19-47-45(33)49-30-35)51-20-22-52(23-21-51)42-11-4-3-8-38-37(9-5-10-39(38)42)32-6-1-2-7-32/h5-6,9-10,12-16,19,26-28,30-31,42,48H,1-4,7-8,11,17-18,20-25,29H2,(H,47,49)(H,50,54). The van der Waals surface area contributed by atoms with Gasteiger partial charge in [-0.05, 0) is 116 Å². The van der Waals surface area contributed by atoms with Gasteiger partial charge in [-0.3, -0.25) is 19.8 Å². The van der Waals surface area contributed by atoms with Gasteiger partial charge in [0.15, 0.2) is 0 Å². The Labute approximate surface area is 355 Å². The van der Waals surface area contributed by atoms with Crippen LogP contribution in [-0.2, 0) is 21.2 Å². The smallest absolute Gasteiger partial charge is 0.293 e. The topological polar surface area (TPSA) is 172 Å². The molecule has 2 aliphatic carbocycles. The monoisotopic (exact) mass is 845 g/mol. The van der Waals surface area contributed by atoms with Crippen LogP contribution in [-0.4, -0.2) is 80.1 Å². The summed E-state index contributed by atoms with van der Waals surface area (Å²) in [6.07, 6.45) is 15.6. The van der Waals surface area contributed by atoms with Crippen LogP contribution in [0.1, 0.15) is 84.5 Å². The van der Waals surface area contributed by atoms with Gasteiger partial charge in [-0.25, -0.2) is 18.1 Å². The molecule has 4 heterocycles. The largest absolute Gasteiger partial charge is 0.455 e. The van der Waals surface area contributed by atoms with Crippen molar-refractivity contribution < 1.29 is 27.6 Å². The molecule has 61 heavy (non-hydrogen) atoms. The number of sulfonamides is 1. The zero-order valence-electron chi connectivity index (χ0n) is 34.1. The number of ether oxygens (including phenoxy) is 2. The second kappa shape index (κ2) is 17.7. The van der Waals surface area contributed by atoms with Crippen molar-refractivity contribution >= 4 is 49.6 Å². The van der Waals surface area contributed by atoms with Crippen LogP contribution in [0.15, 0.2) is 90.1 Å². The number of hydrogen-bond acceptors (Lipinski definition) is 11. The Morgan fingerprint density at radius 1 is 0.967 bits per heavy atom. The number of H-pyrrole nitrogens is 1. The third-order valence-corrected chi connectivity index (χ3v) is 14.0. The van der Waals surface area contributed by atoms with Crippen LogP contribution in [0, 0.1) is 16.0 Å². The van der Waals surface area contributed by atoms with Crippen molar-refractivity contribution in [3.05, 3.63) is 118 Å². The van der Waals surface area contributed by atoms with Crippen LogP contribution in [0.5, 0.6) is 11.5 Å². The minimum absolute atomic E-state index is 0.0207. The Bertz CT molecular complexity index is 2580. The van der Waals surface area contributed by atoms with Gasteiger partial charge in [0.1, 0.15) is 22.8 Å². The van der Waals surface area contributed by atoms with Crippen LogP contribution in [0.25, 0.3) is 16.6 Å². The summed E-state index contributed by atoms with van der Waals surface area (Å²) in [5.74, 6) is -0.146. The summed E-state index contributed by atoms with van der Waals surface area (Å²) >= 11 is 0. The predicted molar refractivity (Wildman–Crippen MR) is 235 cm³/mol. The Kier molecular flexibility index (Phi) is 11.8. The number of carbonyl (C=O) groups excluding carboxylic acids is 1. The van der Waals surface area contributed by atoms with E-state index in [4.69, 9.17) is 9.47 Å². The number of anilines is 2. The predicted octanol–water partition coefficient (Wildman–Crippen LogP) is 8.38. The molecule has 2 aliphatic heterocycles. The van der Waals surface area contributed by atoms with E-state index in [1.807, 2.05) is 12.1 Å². The Morgan fingerprint density at radius 2 is 1.82 bits per heavy atom. The molecule has 15 heteroatoms. The van der Waals surface area contributed by atoms with E-state index in [2.05, 4.69) is 54.1 Å². The van der Waals surface area contributed by atoms with Gasteiger partial charge in [-0.1, -0.05) is 30.7 Å². The number of nitrogens with zero attached hydrogens (tertiary/aromatic N) is 4. The average molecular weight is 846 g/mol. The lowest BCUT2D eigenvalue weighted by molar-refractivity contribution is -0.384. The molecule has 14 nitrogen and oxygen atoms in total. The molecular weight excluding hydrogens is 795 g/mol. The second-order valence-corrected chi connectivity index (χ2v) is 18.1. The Morgan fingerprint density at radius 3 is 2.62 bits per heavy atom. The number of carbonyl (C=O) groups is 1. The first-order chi connectivity index (χ1) is 29.7. The number of piperazine rings is 1. The number of benzene rings is 3. The number of nitro benzene ring substituents is 1. The fourth-order valence-electron chi connectivity index (χ4n) is 9.38. The van der Waals surface area contributed by atoms with Gasteiger partial charge in [0.25, 0.3) is 21.6 Å². The van der Waals surface area contributed by atoms with Gasteiger partial charge in [0, 0.05) is 81.4 Å². The molecule has 2 saturated heterocycles. The maximum Gasteiger partial charge on any atom is 0.293 e. The lowest BCUT2D eigenvalue weighted by Crippen LogP contribution is -2.47. The SMILES string of the molecule is O=C(NS(=O)(=O)c1ccc(NCC2CCOCC2)c([N+](=O)[O-])c1)c1ccc(N2CCN(C3CCCCc4c(C5=CCCC5)cccc43)CC2)cc1Oc1cnc2[nH]ccc2c1. The molecule has 3 aromatic carbocycles. The second-order valence-electron chi connectivity index (χ2n) is 16.5. The van der Waals surface area contributed by atoms with Gasteiger partial charge < -0.3 is 24.7 Å². The summed E-state index contributed by atoms with van der Waals surface area (Å²) in [6.45, 7) is 4.98. The minimum atomic E-state index is -4.55. The lowest BCUT2D eigenvalue weighted by atomic mass is 9.89. The molecule has 1 unspecified atom stereocenters. The molecule has 0 spiro atoms. The number of aromatic nitrogens is 2. The molecule has 1 amide bonds. The van der Waals surface area contributed by atoms with E-state index in [9.17, 15) is 23.3 Å². The van der Waals surface area contributed by atoms with Crippen molar-refractivity contribution in [2.75, 3.05) is 56.2 Å². The lowest BCUT2D eigenvalue weighted by Gasteiger charge is -2.41. The number of hydrogen-bond donors (Lipinski definition) is 3. The molecule has 318 valence electrons. The van der Waals surface area contributed by atoms with Crippen molar-refractivity contribution in [2.24, 2.45) is 5.92 Å².